The van der Waals surface area contributed by atoms with Gasteiger partial charge in [0.2, 0.25) is 0 Å². The monoisotopic (exact) mass is 257 g/mol. The Labute approximate surface area is 108 Å². The molecular formula is C13H11N3O3. The standard InChI is InChI=1S/C13H11N3O3/c1-8(7-14)19-12(17)6-11-9-4-2-3-5-10(9)13(18)16-15-11/h2-5,8H,6H2,1H3,(H,16,18)/t8-/m0/s1. The Hall–Kier alpha value is -2.68. The van der Waals surface area contributed by atoms with Gasteiger partial charge in [-0.1, -0.05) is 18.2 Å². The number of aromatic nitrogens is 2. The summed E-state index contributed by atoms with van der Waals surface area (Å²) in [6.45, 7) is 1.48. The zero-order valence-corrected chi connectivity index (χ0v) is 10.2. The number of nitriles is 1. The molecule has 0 spiro atoms. The van der Waals surface area contributed by atoms with Crippen LogP contribution in [-0.4, -0.2) is 22.3 Å². The number of esters is 1. The first-order valence-corrected chi connectivity index (χ1v) is 5.67. The molecule has 0 saturated heterocycles. The molecule has 1 N–H and O–H groups in total. The molecule has 0 fully saturated rings. The number of nitrogens with one attached hydrogen (secondary N) is 1. The van der Waals surface area contributed by atoms with E-state index >= 15 is 0 Å². The molecule has 0 radical (unpaired) electrons. The number of aromatic amines is 1. The number of fused-ring (bicyclic) bond motifs is 1. The highest BCUT2D eigenvalue weighted by Gasteiger charge is 2.13. The lowest BCUT2D eigenvalue weighted by molar-refractivity contribution is -0.145. The summed E-state index contributed by atoms with van der Waals surface area (Å²) in [7, 11) is 0. The van der Waals surface area contributed by atoms with E-state index in [1.807, 2.05) is 0 Å². The Kier molecular flexibility index (Phi) is 3.57. The molecule has 0 aliphatic heterocycles. The number of benzene rings is 1. The van der Waals surface area contributed by atoms with Crippen LogP contribution < -0.4 is 5.56 Å². The van der Waals surface area contributed by atoms with E-state index in [2.05, 4.69) is 10.2 Å². The quantitative estimate of drug-likeness (QED) is 0.825. The molecule has 0 bridgehead atoms. The van der Waals surface area contributed by atoms with Gasteiger partial charge >= 0.3 is 5.97 Å². The van der Waals surface area contributed by atoms with Crippen molar-refractivity contribution in [2.45, 2.75) is 19.4 Å². The van der Waals surface area contributed by atoms with E-state index in [1.54, 1.807) is 30.3 Å². The minimum atomic E-state index is -0.804. The van der Waals surface area contributed by atoms with Crippen LogP contribution in [0.2, 0.25) is 0 Å². The minimum absolute atomic E-state index is 0.0939. The van der Waals surface area contributed by atoms with Crippen molar-refractivity contribution in [2.75, 3.05) is 0 Å². The molecule has 0 saturated carbocycles. The first-order valence-electron chi connectivity index (χ1n) is 5.67. The number of carbonyl (C=O) groups excluding carboxylic acids is 1. The van der Waals surface area contributed by atoms with Gasteiger partial charge < -0.3 is 4.74 Å². The van der Waals surface area contributed by atoms with Crippen molar-refractivity contribution in [3.8, 4) is 6.07 Å². The van der Waals surface area contributed by atoms with Crippen LogP contribution in [-0.2, 0) is 16.0 Å². The van der Waals surface area contributed by atoms with Crippen LogP contribution in [0.1, 0.15) is 12.6 Å². The van der Waals surface area contributed by atoms with Crippen LogP contribution >= 0.6 is 0 Å². The first-order chi connectivity index (χ1) is 9.11. The molecule has 2 aromatic rings. The number of H-pyrrole nitrogens is 1. The van der Waals surface area contributed by atoms with Crippen LogP contribution in [0.5, 0.6) is 0 Å². The van der Waals surface area contributed by atoms with E-state index < -0.39 is 12.1 Å². The highest BCUT2D eigenvalue weighted by atomic mass is 16.5. The number of carbonyl (C=O) groups is 1. The average Bonchev–Trinajstić information content (AvgIpc) is 2.42. The maximum atomic E-state index is 11.6. The lowest BCUT2D eigenvalue weighted by Gasteiger charge is -2.07. The largest absolute Gasteiger partial charge is 0.447 e. The van der Waals surface area contributed by atoms with Gasteiger partial charge in [-0.2, -0.15) is 10.4 Å². The Morgan fingerprint density at radius 2 is 2.16 bits per heavy atom. The molecule has 0 amide bonds. The highest BCUT2D eigenvalue weighted by Crippen LogP contribution is 2.13. The van der Waals surface area contributed by atoms with E-state index in [4.69, 9.17) is 10.00 Å². The molecular weight excluding hydrogens is 246 g/mol. The molecule has 2 rings (SSSR count). The number of ether oxygens (including phenoxy) is 1. The Morgan fingerprint density at radius 1 is 1.47 bits per heavy atom. The third kappa shape index (κ3) is 2.77. The van der Waals surface area contributed by atoms with Crippen molar-refractivity contribution >= 4 is 16.7 Å². The Balaban J connectivity index is 2.32. The van der Waals surface area contributed by atoms with Crippen molar-refractivity contribution < 1.29 is 9.53 Å². The van der Waals surface area contributed by atoms with E-state index in [0.717, 1.165) is 0 Å². The molecule has 6 heteroatoms. The second-order valence-corrected chi connectivity index (χ2v) is 3.98. The van der Waals surface area contributed by atoms with Gasteiger partial charge in [0.15, 0.2) is 6.10 Å². The predicted octanol–water partition coefficient (Wildman–Crippen LogP) is 0.921. The van der Waals surface area contributed by atoms with E-state index in [9.17, 15) is 9.59 Å². The van der Waals surface area contributed by atoms with Gasteiger partial charge in [0, 0.05) is 5.39 Å². The fraction of sp³-hybridized carbons (Fsp3) is 0.231. The molecule has 0 aliphatic carbocycles. The molecule has 1 aromatic heterocycles. The van der Waals surface area contributed by atoms with Crippen LogP contribution in [0.25, 0.3) is 10.8 Å². The SMILES string of the molecule is C[C@@H](C#N)OC(=O)Cc1n[nH]c(=O)c2ccccc12. The maximum absolute atomic E-state index is 11.6. The fourth-order valence-corrected chi connectivity index (χ4v) is 1.71. The summed E-state index contributed by atoms with van der Waals surface area (Å²) < 4.78 is 4.85. The summed E-state index contributed by atoms with van der Waals surface area (Å²) in [4.78, 5) is 23.2. The summed E-state index contributed by atoms with van der Waals surface area (Å²) in [5.74, 6) is -0.557. The lowest BCUT2D eigenvalue weighted by atomic mass is 10.1. The number of rotatable bonds is 3. The normalized spacial score (nSPS) is 11.8. The lowest BCUT2D eigenvalue weighted by Crippen LogP contribution is -2.18. The predicted molar refractivity (Wildman–Crippen MR) is 67.2 cm³/mol. The van der Waals surface area contributed by atoms with Crippen LogP contribution in [0, 0.1) is 11.3 Å². The summed E-state index contributed by atoms with van der Waals surface area (Å²) in [5, 5.41) is 15.8. The zero-order chi connectivity index (χ0) is 13.8. The second kappa shape index (κ2) is 5.31. The maximum Gasteiger partial charge on any atom is 0.313 e. The molecule has 96 valence electrons. The van der Waals surface area contributed by atoms with Crippen LogP contribution in [0.3, 0.4) is 0 Å². The Bertz CT molecular complexity index is 715. The number of hydrogen-bond acceptors (Lipinski definition) is 5. The van der Waals surface area contributed by atoms with Crippen LogP contribution in [0.4, 0.5) is 0 Å². The molecule has 19 heavy (non-hydrogen) atoms. The molecule has 0 unspecified atom stereocenters. The zero-order valence-electron chi connectivity index (χ0n) is 10.2. The van der Waals surface area contributed by atoms with Crippen molar-refractivity contribution in [1.29, 1.82) is 5.26 Å². The second-order valence-electron chi connectivity index (χ2n) is 3.98. The van der Waals surface area contributed by atoms with Crippen molar-refractivity contribution in [3.05, 3.63) is 40.3 Å². The van der Waals surface area contributed by atoms with E-state index in [0.29, 0.717) is 16.5 Å². The number of nitrogens with zero attached hydrogens (tertiary/aromatic N) is 2. The van der Waals surface area contributed by atoms with E-state index in [-0.39, 0.29) is 12.0 Å². The third-order valence-electron chi connectivity index (χ3n) is 2.58. The molecule has 0 aliphatic rings. The van der Waals surface area contributed by atoms with Gasteiger partial charge in [0.05, 0.1) is 17.5 Å². The summed E-state index contributed by atoms with van der Waals surface area (Å²) in [5.41, 5.74) is 0.114. The van der Waals surface area contributed by atoms with Crippen molar-refractivity contribution in [3.63, 3.8) is 0 Å². The van der Waals surface area contributed by atoms with Crippen molar-refractivity contribution in [2.24, 2.45) is 0 Å². The van der Waals surface area contributed by atoms with E-state index in [1.165, 1.54) is 6.92 Å². The molecule has 6 nitrogen and oxygen atoms in total. The van der Waals surface area contributed by atoms with Gasteiger partial charge in [0.25, 0.3) is 5.56 Å². The first kappa shape index (κ1) is 12.8. The minimum Gasteiger partial charge on any atom is -0.447 e. The smallest absolute Gasteiger partial charge is 0.313 e. The topological polar surface area (TPSA) is 95.8 Å². The summed E-state index contributed by atoms with van der Waals surface area (Å²) >= 11 is 0. The van der Waals surface area contributed by atoms with Crippen molar-refractivity contribution in [1.82, 2.24) is 10.2 Å². The summed E-state index contributed by atoms with van der Waals surface area (Å²) in [6, 6.07) is 8.67. The Morgan fingerprint density at radius 3 is 2.84 bits per heavy atom. The highest BCUT2D eigenvalue weighted by molar-refractivity contribution is 5.86. The van der Waals surface area contributed by atoms with Gasteiger partial charge in [-0.3, -0.25) is 9.59 Å². The average molecular weight is 257 g/mol. The molecule has 1 aromatic carbocycles. The molecule has 1 heterocycles. The number of hydrogen-bond donors (Lipinski definition) is 1. The van der Waals surface area contributed by atoms with Gasteiger partial charge in [-0.05, 0) is 13.0 Å². The van der Waals surface area contributed by atoms with Gasteiger partial charge in [-0.15, -0.1) is 0 Å². The summed E-state index contributed by atoms with van der Waals surface area (Å²) in [6.07, 6.45) is -0.898. The van der Waals surface area contributed by atoms with Gasteiger partial charge in [0.1, 0.15) is 6.07 Å². The van der Waals surface area contributed by atoms with Crippen LogP contribution in [0.15, 0.2) is 29.1 Å². The third-order valence-corrected chi connectivity index (χ3v) is 2.58. The molecule has 1 atom stereocenters. The van der Waals surface area contributed by atoms with Gasteiger partial charge in [-0.25, -0.2) is 5.10 Å². The fourth-order valence-electron chi connectivity index (χ4n) is 1.71.